The van der Waals surface area contributed by atoms with Gasteiger partial charge in [-0.1, -0.05) is 6.92 Å². The molecule has 0 aliphatic heterocycles. The zero-order valence-electron chi connectivity index (χ0n) is 13.8. The van der Waals surface area contributed by atoms with Crippen molar-refractivity contribution in [3.63, 3.8) is 0 Å². The molecule has 20 heavy (non-hydrogen) atoms. The number of carbonyl (C=O) groups excluding carboxylic acids is 1. The summed E-state index contributed by atoms with van der Waals surface area (Å²) in [5, 5.41) is 3.76. The second kappa shape index (κ2) is 10.5. The van der Waals surface area contributed by atoms with Crippen LogP contribution in [-0.2, 0) is 14.3 Å². The minimum absolute atomic E-state index is 0.155. The molecular formula is C15H31NO3S. The molecule has 0 fully saturated rings. The molecule has 5 heteroatoms. The van der Waals surface area contributed by atoms with E-state index in [9.17, 15) is 4.79 Å². The number of thioether (sulfide) groups is 1. The van der Waals surface area contributed by atoms with Crippen LogP contribution in [0.25, 0.3) is 0 Å². The Hall–Kier alpha value is -0.260. The Morgan fingerprint density at radius 1 is 1.35 bits per heavy atom. The number of carbonyl (C=O) groups is 1. The van der Waals surface area contributed by atoms with Crippen molar-refractivity contribution in [2.24, 2.45) is 0 Å². The van der Waals surface area contributed by atoms with E-state index in [1.807, 2.05) is 39.5 Å². The molecule has 0 saturated carbocycles. The van der Waals surface area contributed by atoms with Gasteiger partial charge in [-0.2, -0.15) is 11.8 Å². The van der Waals surface area contributed by atoms with E-state index < -0.39 is 5.54 Å². The van der Waals surface area contributed by atoms with Gasteiger partial charge in [-0.05, 0) is 46.3 Å². The highest BCUT2D eigenvalue weighted by Crippen LogP contribution is 2.24. The van der Waals surface area contributed by atoms with E-state index in [1.54, 1.807) is 7.11 Å². The number of methoxy groups -OCH3 is 1. The average Bonchev–Trinajstić information content (AvgIpc) is 2.33. The summed E-state index contributed by atoms with van der Waals surface area (Å²) in [6.07, 6.45) is 1.81. The van der Waals surface area contributed by atoms with Crippen molar-refractivity contribution in [3.8, 4) is 0 Å². The van der Waals surface area contributed by atoms with E-state index in [2.05, 4.69) is 12.2 Å². The molecule has 0 rings (SSSR count). The standard InChI is InChI=1S/C15H31NO3S/c1-7-19-14(17)15(5,16-12(2)3)11-13(4)20-10-8-9-18-6/h12-13,16H,7-11H2,1-6H3. The van der Waals surface area contributed by atoms with Crippen LogP contribution < -0.4 is 5.32 Å². The summed E-state index contributed by atoms with van der Waals surface area (Å²) < 4.78 is 10.3. The number of hydrogen-bond acceptors (Lipinski definition) is 5. The van der Waals surface area contributed by atoms with Gasteiger partial charge in [0.25, 0.3) is 0 Å². The smallest absolute Gasteiger partial charge is 0.326 e. The highest BCUT2D eigenvalue weighted by Gasteiger charge is 2.36. The summed E-state index contributed by atoms with van der Waals surface area (Å²) >= 11 is 1.88. The fourth-order valence-electron chi connectivity index (χ4n) is 2.25. The quantitative estimate of drug-likeness (QED) is 0.470. The van der Waals surface area contributed by atoms with Crippen molar-refractivity contribution in [2.45, 2.75) is 64.3 Å². The van der Waals surface area contributed by atoms with Gasteiger partial charge in [-0.15, -0.1) is 0 Å². The van der Waals surface area contributed by atoms with Gasteiger partial charge >= 0.3 is 5.97 Å². The highest BCUT2D eigenvalue weighted by atomic mass is 32.2. The van der Waals surface area contributed by atoms with E-state index in [1.165, 1.54) is 0 Å². The van der Waals surface area contributed by atoms with Gasteiger partial charge in [0.2, 0.25) is 0 Å². The third-order valence-electron chi connectivity index (χ3n) is 2.92. The van der Waals surface area contributed by atoms with Crippen molar-refractivity contribution in [1.29, 1.82) is 0 Å². The number of nitrogens with one attached hydrogen (secondary N) is 1. The third-order valence-corrected chi connectivity index (χ3v) is 4.18. The molecule has 120 valence electrons. The summed E-state index contributed by atoms with van der Waals surface area (Å²) in [4.78, 5) is 12.2. The first-order valence-electron chi connectivity index (χ1n) is 7.41. The topological polar surface area (TPSA) is 47.6 Å². The second-order valence-corrected chi connectivity index (χ2v) is 7.13. The van der Waals surface area contributed by atoms with Gasteiger partial charge in [0.1, 0.15) is 5.54 Å². The van der Waals surface area contributed by atoms with Gasteiger partial charge in [-0.25, -0.2) is 0 Å². The monoisotopic (exact) mass is 305 g/mol. The Kier molecular flexibility index (Phi) is 10.3. The molecule has 0 heterocycles. The lowest BCUT2D eigenvalue weighted by Gasteiger charge is -2.32. The molecule has 0 bridgehead atoms. The van der Waals surface area contributed by atoms with Gasteiger partial charge in [-0.3, -0.25) is 10.1 Å². The van der Waals surface area contributed by atoms with E-state index in [0.29, 0.717) is 11.9 Å². The number of esters is 1. The maximum Gasteiger partial charge on any atom is 0.326 e. The summed E-state index contributed by atoms with van der Waals surface area (Å²) in [5.41, 5.74) is -0.613. The molecular weight excluding hydrogens is 274 g/mol. The summed E-state index contributed by atoms with van der Waals surface area (Å²) in [5.74, 6) is 0.897. The van der Waals surface area contributed by atoms with Crippen molar-refractivity contribution in [1.82, 2.24) is 5.32 Å². The van der Waals surface area contributed by atoms with Crippen molar-refractivity contribution in [3.05, 3.63) is 0 Å². The lowest BCUT2D eigenvalue weighted by atomic mass is 9.95. The van der Waals surface area contributed by atoms with E-state index in [4.69, 9.17) is 9.47 Å². The molecule has 0 aromatic carbocycles. The maximum atomic E-state index is 12.2. The molecule has 0 aliphatic rings. The lowest BCUT2D eigenvalue weighted by Crippen LogP contribution is -2.54. The minimum Gasteiger partial charge on any atom is -0.465 e. The minimum atomic E-state index is -0.613. The molecule has 0 aromatic heterocycles. The van der Waals surface area contributed by atoms with Crippen LogP contribution in [0.15, 0.2) is 0 Å². The van der Waals surface area contributed by atoms with Gasteiger partial charge in [0, 0.05) is 25.0 Å². The first kappa shape index (κ1) is 19.7. The average molecular weight is 305 g/mol. The van der Waals surface area contributed by atoms with E-state index in [-0.39, 0.29) is 12.0 Å². The van der Waals surface area contributed by atoms with Crippen LogP contribution in [0.4, 0.5) is 0 Å². The van der Waals surface area contributed by atoms with Crippen LogP contribution in [0.3, 0.4) is 0 Å². The molecule has 2 unspecified atom stereocenters. The largest absolute Gasteiger partial charge is 0.465 e. The molecule has 0 aliphatic carbocycles. The molecule has 0 saturated heterocycles. The molecule has 2 atom stereocenters. The third kappa shape index (κ3) is 8.12. The maximum absolute atomic E-state index is 12.2. The summed E-state index contributed by atoms with van der Waals surface area (Å²) in [7, 11) is 1.72. The Morgan fingerprint density at radius 2 is 2.00 bits per heavy atom. The molecule has 1 N–H and O–H groups in total. The van der Waals surface area contributed by atoms with Crippen LogP contribution >= 0.6 is 11.8 Å². The fraction of sp³-hybridized carbons (Fsp3) is 0.933. The zero-order valence-corrected chi connectivity index (χ0v) is 14.6. The number of hydrogen-bond donors (Lipinski definition) is 1. The van der Waals surface area contributed by atoms with Gasteiger partial charge in [0.05, 0.1) is 6.61 Å². The van der Waals surface area contributed by atoms with Gasteiger partial charge in [0.15, 0.2) is 0 Å². The zero-order chi connectivity index (χ0) is 15.6. The molecule has 0 aromatic rings. The first-order chi connectivity index (χ1) is 9.35. The van der Waals surface area contributed by atoms with E-state index in [0.717, 1.165) is 25.2 Å². The Labute approximate surface area is 128 Å². The van der Waals surface area contributed by atoms with Crippen molar-refractivity contribution >= 4 is 17.7 Å². The molecule has 4 nitrogen and oxygen atoms in total. The van der Waals surface area contributed by atoms with Crippen molar-refractivity contribution in [2.75, 3.05) is 26.1 Å². The van der Waals surface area contributed by atoms with Crippen LogP contribution in [0, 0.1) is 0 Å². The first-order valence-corrected chi connectivity index (χ1v) is 8.46. The van der Waals surface area contributed by atoms with Crippen LogP contribution in [0.2, 0.25) is 0 Å². The highest BCUT2D eigenvalue weighted by molar-refractivity contribution is 7.99. The van der Waals surface area contributed by atoms with Crippen molar-refractivity contribution < 1.29 is 14.3 Å². The number of rotatable bonds is 11. The summed E-state index contributed by atoms with van der Waals surface area (Å²) in [6.45, 7) is 11.3. The second-order valence-electron chi connectivity index (χ2n) is 5.58. The number of ether oxygens (including phenoxy) is 2. The molecule has 0 radical (unpaired) electrons. The Bertz CT molecular complexity index is 274. The van der Waals surface area contributed by atoms with Gasteiger partial charge < -0.3 is 9.47 Å². The SMILES string of the molecule is CCOC(=O)C(C)(CC(C)SCCCOC)NC(C)C. The fourth-order valence-corrected chi connectivity index (χ4v) is 3.39. The predicted molar refractivity (Wildman–Crippen MR) is 86.3 cm³/mol. The predicted octanol–water partition coefficient (Wildman–Crippen LogP) is 2.85. The van der Waals surface area contributed by atoms with Crippen LogP contribution in [0.1, 0.15) is 47.5 Å². The van der Waals surface area contributed by atoms with Crippen LogP contribution in [0.5, 0.6) is 0 Å². The summed E-state index contributed by atoms with van der Waals surface area (Å²) in [6, 6.07) is 0.245. The van der Waals surface area contributed by atoms with Crippen LogP contribution in [-0.4, -0.2) is 48.9 Å². The molecule has 0 spiro atoms. The van der Waals surface area contributed by atoms with E-state index >= 15 is 0 Å². The Balaban J connectivity index is 4.44. The Morgan fingerprint density at radius 3 is 2.50 bits per heavy atom. The normalized spacial score (nSPS) is 15.9. The lowest BCUT2D eigenvalue weighted by molar-refractivity contribution is -0.151. The molecule has 0 amide bonds.